The van der Waals surface area contributed by atoms with Crippen molar-refractivity contribution in [3.63, 3.8) is 0 Å². The summed E-state index contributed by atoms with van der Waals surface area (Å²) in [5.74, 6) is -0.469. The number of ether oxygens (including phenoxy) is 1. The molecule has 0 saturated carbocycles. The number of aliphatic hydroxyl groups excluding tert-OH is 2. The van der Waals surface area contributed by atoms with E-state index in [4.69, 9.17) is 14.9 Å². The molecule has 0 bridgehead atoms. The lowest BCUT2D eigenvalue weighted by Gasteiger charge is -2.02. The highest BCUT2D eigenvalue weighted by Gasteiger charge is 2.05. The first-order chi connectivity index (χ1) is 6.77. The highest BCUT2D eigenvalue weighted by Crippen LogP contribution is 2.05. The van der Waals surface area contributed by atoms with Gasteiger partial charge in [-0.15, -0.1) is 0 Å². The zero-order valence-corrected chi connectivity index (χ0v) is 7.64. The van der Waals surface area contributed by atoms with Crippen molar-refractivity contribution >= 4 is 5.97 Å². The van der Waals surface area contributed by atoms with Crippen LogP contribution in [0.4, 0.5) is 0 Å². The third-order valence-electron chi connectivity index (χ3n) is 1.70. The highest BCUT2D eigenvalue weighted by atomic mass is 16.5. The predicted octanol–water partition coefficient (Wildman–Crippen LogP) is 0.328. The van der Waals surface area contributed by atoms with Gasteiger partial charge in [0.15, 0.2) is 0 Å². The van der Waals surface area contributed by atoms with Gasteiger partial charge in [-0.2, -0.15) is 0 Å². The second kappa shape index (κ2) is 5.36. The molecule has 0 aromatic heterocycles. The second-order valence-corrected chi connectivity index (χ2v) is 2.71. The molecule has 4 nitrogen and oxygen atoms in total. The average Bonchev–Trinajstić information content (AvgIpc) is 2.26. The highest BCUT2D eigenvalue weighted by molar-refractivity contribution is 5.89. The van der Waals surface area contributed by atoms with Crippen molar-refractivity contribution in [3.05, 3.63) is 35.4 Å². The van der Waals surface area contributed by atoms with Gasteiger partial charge in [0.1, 0.15) is 6.61 Å². The molecular weight excluding hydrogens is 184 g/mol. The van der Waals surface area contributed by atoms with E-state index in [0.29, 0.717) is 5.56 Å². The number of aliphatic hydroxyl groups is 2. The minimum Gasteiger partial charge on any atom is -0.460 e. The number of rotatable bonds is 4. The normalized spacial score (nSPS) is 9.86. The first kappa shape index (κ1) is 10.7. The maximum absolute atomic E-state index is 11.2. The lowest BCUT2D eigenvalue weighted by molar-refractivity contribution is 0.0433. The smallest absolute Gasteiger partial charge is 0.338 e. The Morgan fingerprint density at radius 3 is 2.36 bits per heavy atom. The number of carbonyl (C=O) groups excluding carboxylic acids is 1. The van der Waals surface area contributed by atoms with Gasteiger partial charge in [-0.25, -0.2) is 4.79 Å². The molecule has 0 aliphatic carbocycles. The molecule has 2 N–H and O–H groups in total. The molecular formula is C10H12O4. The standard InChI is InChI=1S/C10H12O4/c11-5-6-14-10(13)9-3-1-8(7-12)2-4-9/h1-4,11-12H,5-7H2. The molecule has 14 heavy (non-hydrogen) atoms. The molecule has 1 rings (SSSR count). The lowest BCUT2D eigenvalue weighted by Crippen LogP contribution is -2.08. The number of hydrogen-bond donors (Lipinski definition) is 2. The van der Waals surface area contributed by atoms with Crippen LogP contribution in [-0.2, 0) is 11.3 Å². The fraction of sp³-hybridized carbons (Fsp3) is 0.300. The fourth-order valence-corrected chi connectivity index (χ4v) is 0.968. The van der Waals surface area contributed by atoms with Crippen molar-refractivity contribution in [3.8, 4) is 0 Å². The Morgan fingerprint density at radius 2 is 1.86 bits per heavy atom. The molecule has 0 fully saturated rings. The summed E-state index contributed by atoms with van der Waals surface area (Å²) >= 11 is 0. The van der Waals surface area contributed by atoms with Crippen LogP contribution in [0.5, 0.6) is 0 Å². The summed E-state index contributed by atoms with van der Waals surface area (Å²) in [6, 6.07) is 6.45. The number of esters is 1. The summed E-state index contributed by atoms with van der Waals surface area (Å²) in [5.41, 5.74) is 1.15. The van der Waals surface area contributed by atoms with Crippen LogP contribution in [0, 0.1) is 0 Å². The zero-order chi connectivity index (χ0) is 10.4. The van der Waals surface area contributed by atoms with Crippen molar-refractivity contribution in [2.45, 2.75) is 6.61 Å². The van der Waals surface area contributed by atoms with Crippen molar-refractivity contribution in [1.29, 1.82) is 0 Å². The Hall–Kier alpha value is -1.39. The summed E-state index contributed by atoms with van der Waals surface area (Å²) in [7, 11) is 0. The predicted molar refractivity (Wildman–Crippen MR) is 49.7 cm³/mol. The molecule has 0 spiro atoms. The van der Waals surface area contributed by atoms with E-state index in [-0.39, 0.29) is 19.8 Å². The third kappa shape index (κ3) is 2.83. The lowest BCUT2D eigenvalue weighted by atomic mass is 10.1. The Bertz CT molecular complexity index is 291. The van der Waals surface area contributed by atoms with Crippen LogP contribution < -0.4 is 0 Å². The molecule has 0 atom stereocenters. The summed E-state index contributed by atoms with van der Waals surface area (Å²) in [5, 5.41) is 17.2. The van der Waals surface area contributed by atoms with Gasteiger partial charge in [0.05, 0.1) is 18.8 Å². The molecule has 1 aromatic rings. The van der Waals surface area contributed by atoms with E-state index in [1.807, 2.05) is 0 Å². The minimum atomic E-state index is -0.469. The van der Waals surface area contributed by atoms with E-state index < -0.39 is 5.97 Å². The molecule has 0 radical (unpaired) electrons. The van der Waals surface area contributed by atoms with Crippen LogP contribution in [0.2, 0.25) is 0 Å². The number of benzene rings is 1. The van der Waals surface area contributed by atoms with Crippen LogP contribution in [0.15, 0.2) is 24.3 Å². The van der Waals surface area contributed by atoms with Crippen LogP contribution >= 0.6 is 0 Å². The van der Waals surface area contributed by atoms with Gasteiger partial charge in [0.25, 0.3) is 0 Å². The van der Waals surface area contributed by atoms with E-state index in [1.165, 1.54) is 0 Å². The molecule has 76 valence electrons. The van der Waals surface area contributed by atoms with Gasteiger partial charge in [0.2, 0.25) is 0 Å². The number of carbonyl (C=O) groups is 1. The summed E-state index contributed by atoms with van der Waals surface area (Å²) in [4.78, 5) is 11.2. The van der Waals surface area contributed by atoms with Gasteiger partial charge < -0.3 is 14.9 Å². The van der Waals surface area contributed by atoms with Crippen LogP contribution in [0.3, 0.4) is 0 Å². The van der Waals surface area contributed by atoms with Crippen LogP contribution in [0.25, 0.3) is 0 Å². The van der Waals surface area contributed by atoms with Crippen LogP contribution in [0.1, 0.15) is 15.9 Å². The molecule has 0 amide bonds. The Morgan fingerprint density at radius 1 is 1.21 bits per heavy atom. The average molecular weight is 196 g/mol. The van der Waals surface area contributed by atoms with E-state index in [1.54, 1.807) is 24.3 Å². The van der Waals surface area contributed by atoms with E-state index in [9.17, 15) is 4.79 Å². The first-order valence-corrected chi connectivity index (χ1v) is 4.25. The Balaban J connectivity index is 2.62. The number of hydrogen-bond acceptors (Lipinski definition) is 4. The maximum Gasteiger partial charge on any atom is 0.338 e. The minimum absolute atomic E-state index is 0.000580. The Kier molecular flexibility index (Phi) is 4.10. The summed E-state index contributed by atoms with van der Waals surface area (Å²) in [6.07, 6.45) is 0. The molecule has 0 unspecified atom stereocenters. The van der Waals surface area contributed by atoms with Gasteiger partial charge in [-0.05, 0) is 17.7 Å². The molecule has 0 saturated heterocycles. The molecule has 0 aliphatic rings. The maximum atomic E-state index is 11.2. The second-order valence-electron chi connectivity index (χ2n) is 2.71. The molecule has 1 aromatic carbocycles. The topological polar surface area (TPSA) is 66.8 Å². The fourth-order valence-electron chi connectivity index (χ4n) is 0.968. The van der Waals surface area contributed by atoms with Crippen molar-refractivity contribution < 1.29 is 19.7 Å². The van der Waals surface area contributed by atoms with Crippen molar-refractivity contribution in [2.24, 2.45) is 0 Å². The van der Waals surface area contributed by atoms with Gasteiger partial charge in [-0.3, -0.25) is 0 Å². The van der Waals surface area contributed by atoms with Gasteiger partial charge >= 0.3 is 5.97 Å². The molecule has 4 heteroatoms. The van der Waals surface area contributed by atoms with E-state index >= 15 is 0 Å². The summed E-state index contributed by atoms with van der Waals surface area (Å²) < 4.78 is 4.70. The molecule has 0 aliphatic heterocycles. The first-order valence-electron chi connectivity index (χ1n) is 4.25. The largest absolute Gasteiger partial charge is 0.460 e. The summed E-state index contributed by atoms with van der Waals surface area (Å²) in [6.45, 7) is -0.229. The van der Waals surface area contributed by atoms with Gasteiger partial charge in [0, 0.05) is 0 Å². The van der Waals surface area contributed by atoms with E-state index in [0.717, 1.165) is 5.56 Å². The zero-order valence-electron chi connectivity index (χ0n) is 7.64. The Labute approximate surface area is 81.8 Å². The van der Waals surface area contributed by atoms with E-state index in [2.05, 4.69) is 0 Å². The third-order valence-corrected chi connectivity index (χ3v) is 1.70. The molecule has 0 heterocycles. The van der Waals surface area contributed by atoms with Crippen molar-refractivity contribution in [1.82, 2.24) is 0 Å². The van der Waals surface area contributed by atoms with Crippen LogP contribution in [-0.4, -0.2) is 29.4 Å². The monoisotopic (exact) mass is 196 g/mol. The van der Waals surface area contributed by atoms with Crippen molar-refractivity contribution in [2.75, 3.05) is 13.2 Å². The SMILES string of the molecule is O=C(OCCO)c1ccc(CO)cc1. The van der Waals surface area contributed by atoms with Gasteiger partial charge in [-0.1, -0.05) is 12.1 Å². The quantitative estimate of drug-likeness (QED) is 0.681.